The molecule has 6 nitrogen and oxygen atoms in total. The number of hydrogen-bond acceptors (Lipinski definition) is 3. The van der Waals surface area contributed by atoms with Crippen LogP contribution in [-0.4, -0.2) is 79.1 Å². The van der Waals surface area contributed by atoms with Gasteiger partial charge in [-0.3, -0.25) is 4.79 Å². The molecule has 1 aliphatic heterocycles. The smallest absolute Gasteiger partial charge is 0.319 e. The van der Waals surface area contributed by atoms with Crippen LogP contribution in [0.4, 0.5) is 4.79 Å². The molecule has 2 amide bonds. The van der Waals surface area contributed by atoms with Gasteiger partial charge in [-0.25, -0.2) is 4.79 Å². The molecule has 6 heteroatoms. The fourth-order valence-corrected chi connectivity index (χ4v) is 1.75. The van der Waals surface area contributed by atoms with Crippen LogP contribution in [0.1, 0.15) is 6.42 Å². The minimum absolute atomic E-state index is 0.0683. The molecule has 1 heterocycles. The van der Waals surface area contributed by atoms with Crippen molar-refractivity contribution in [3.8, 4) is 0 Å². The van der Waals surface area contributed by atoms with Gasteiger partial charge in [-0.2, -0.15) is 0 Å². The molecule has 0 saturated carbocycles. The first-order valence-corrected chi connectivity index (χ1v) is 5.79. The standard InChI is InChI=1S/C11H21N3O3/c1-12(2)5-4-6-13(3)11(17)14-7-9(8-14)10(15)16/h9H,4-8H2,1-3H3,(H,15,16). The van der Waals surface area contributed by atoms with Gasteiger partial charge in [0, 0.05) is 26.7 Å². The van der Waals surface area contributed by atoms with E-state index in [1.165, 1.54) is 0 Å². The Morgan fingerprint density at radius 1 is 1.24 bits per heavy atom. The third-order valence-electron chi connectivity index (χ3n) is 2.93. The fourth-order valence-electron chi connectivity index (χ4n) is 1.75. The number of nitrogens with zero attached hydrogens (tertiary/aromatic N) is 3. The predicted molar refractivity (Wildman–Crippen MR) is 63.9 cm³/mol. The molecule has 98 valence electrons. The minimum Gasteiger partial charge on any atom is -0.481 e. The van der Waals surface area contributed by atoms with Crippen molar-refractivity contribution in [1.29, 1.82) is 0 Å². The third-order valence-corrected chi connectivity index (χ3v) is 2.93. The fraction of sp³-hybridized carbons (Fsp3) is 0.818. The first kappa shape index (κ1) is 13.8. The Labute approximate surface area is 102 Å². The van der Waals surface area contributed by atoms with Gasteiger partial charge in [-0.1, -0.05) is 0 Å². The van der Waals surface area contributed by atoms with Gasteiger partial charge in [-0.15, -0.1) is 0 Å². The number of hydrogen-bond donors (Lipinski definition) is 1. The predicted octanol–water partition coefficient (Wildman–Crippen LogP) is 0.00630. The number of urea groups is 1. The van der Waals surface area contributed by atoms with E-state index in [0.717, 1.165) is 13.0 Å². The van der Waals surface area contributed by atoms with Crippen LogP contribution in [0.2, 0.25) is 0 Å². The number of carboxylic acids is 1. The van der Waals surface area contributed by atoms with Crippen molar-refractivity contribution >= 4 is 12.0 Å². The Kier molecular flexibility index (Phi) is 4.74. The van der Waals surface area contributed by atoms with Crippen LogP contribution in [0, 0.1) is 5.92 Å². The van der Waals surface area contributed by atoms with E-state index in [0.29, 0.717) is 19.6 Å². The number of amides is 2. The second-order valence-corrected chi connectivity index (χ2v) is 4.80. The van der Waals surface area contributed by atoms with Gasteiger partial charge in [0.25, 0.3) is 0 Å². The molecular weight excluding hydrogens is 222 g/mol. The topological polar surface area (TPSA) is 64.1 Å². The maximum atomic E-state index is 11.8. The molecule has 0 aromatic rings. The van der Waals surface area contributed by atoms with E-state index in [1.807, 2.05) is 14.1 Å². The second kappa shape index (κ2) is 5.86. The quantitative estimate of drug-likeness (QED) is 0.738. The molecule has 0 radical (unpaired) electrons. The van der Waals surface area contributed by atoms with Gasteiger partial charge in [0.2, 0.25) is 0 Å². The molecule has 1 saturated heterocycles. The SMILES string of the molecule is CN(C)CCCN(C)C(=O)N1CC(C(=O)O)C1. The number of carbonyl (C=O) groups excluding carboxylic acids is 1. The highest BCUT2D eigenvalue weighted by Gasteiger charge is 2.36. The van der Waals surface area contributed by atoms with Crippen molar-refractivity contribution in [2.75, 3.05) is 47.3 Å². The number of aliphatic carboxylic acids is 1. The molecule has 0 unspecified atom stereocenters. The monoisotopic (exact) mass is 243 g/mol. The highest BCUT2D eigenvalue weighted by Crippen LogP contribution is 2.17. The highest BCUT2D eigenvalue weighted by atomic mass is 16.4. The first-order chi connectivity index (χ1) is 7.91. The number of carboxylic acid groups (broad SMARTS) is 1. The summed E-state index contributed by atoms with van der Waals surface area (Å²) >= 11 is 0. The third kappa shape index (κ3) is 3.89. The van der Waals surface area contributed by atoms with Crippen molar-refractivity contribution in [1.82, 2.24) is 14.7 Å². The summed E-state index contributed by atoms with van der Waals surface area (Å²) in [6, 6.07) is -0.0683. The van der Waals surface area contributed by atoms with E-state index >= 15 is 0 Å². The van der Waals surface area contributed by atoms with Gasteiger partial charge >= 0.3 is 12.0 Å². The Bertz CT molecular complexity index is 288. The van der Waals surface area contributed by atoms with E-state index in [1.54, 1.807) is 16.8 Å². The molecule has 1 N–H and O–H groups in total. The van der Waals surface area contributed by atoms with Crippen molar-refractivity contribution in [3.05, 3.63) is 0 Å². The zero-order valence-electron chi connectivity index (χ0n) is 10.7. The molecule has 0 bridgehead atoms. The number of rotatable bonds is 5. The van der Waals surface area contributed by atoms with Crippen molar-refractivity contribution < 1.29 is 14.7 Å². The molecule has 0 aromatic carbocycles. The maximum absolute atomic E-state index is 11.8. The van der Waals surface area contributed by atoms with Gasteiger partial charge in [0.05, 0.1) is 5.92 Å². The Morgan fingerprint density at radius 3 is 2.29 bits per heavy atom. The van der Waals surface area contributed by atoms with E-state index in [2.05, 4.69) is 4.90 Å². The minimum atomic E-state index is -0.815. The van der Waals surface area contributed by atoms with Gasteiger partial charge < -0.3 is 19.8 Å². The van der Waals surface area contributed by atoms with Crippen LogP contribution < -0.4 is 0 Å². The van der Waals surface area contributed by atoms with Gasteiger partial charge in [0.15, 0.2) is 0 Å². The molecule has 0 spiro atoms. The summed E-state index contributed by atoms with van der Waals surface area (Å²) in [7, 11) is 5.75. The van der Waals surface area contributed by atoms with E-state index < -0.39 is 5.97 Å². The number of carbonyl (C=O) groups is 2. The average Bonchev–Trinajstić information content (AvgIpc) is 2.13. The zero-order valence-corrected chi connectivity index (χ0v) is 10.7. The molecule has 1 fully saturated rings. The van der Waals surface area contributed by atoms with Crippen molar-refractivity contribution in [2.45, 2.75) is 6.42 Å². The zero-order chi connectivity index (χ0) is 13.0. The lowest BCUT2D eigenvalue weighted by molar-refractivity contribution is -0.146. The van der Waals surface area contributed by atoms with Crippen LogP contribution in [0.3, 0.4) is 0 Å². The highest BCUT2D eigenvalue weighted by molar-refractivity contribution is 5.79. The molecule has 0 atom stereocenters. The lowest BCUT2D eigenvalue weighted by atomic mass is 10.0. The molecule has 0 aliphatic carbocycles. The molecule has 17 heavy (non-hydrogen) atoms. The largest absolute Gasteiger partial charge is 0.481 e. The summed E-state index contributed by atoms with van der Waals surface area (Å²) < 4.78 is 0. The molecule has 1 aliphatic rings. The summed E-state index contributed by atoms with van der Waals surface area (Å²) in [6.45, 7) is 2.32. The maximum Gasteiger partial charge on any atom is 0.319 e. The van der Waals surface area contributed by atoms with Gasteiger partial charge in [-0.05, 0) is 27.1 Å². The molecular formula is C11H21N3O3. The van der Waals surface area contributed by atoms with Crippen LogP contribution >= 0.6 is 0 Å². The van der Waals surface area contributed by atoms with Crippen LogP contribution in [0.25, 0.3) is 0 Å². The lowest BCUT2D eigenvalue weighted by Crippen LogP contribution is -2.56. The molecule has 0 aromatic heterocycles. The van der Waals surface area contributed by atoms with Crippen LogP contribution in [0.15, 0.2) is 0 Å². The Balaban J connectivity index is 2.22. The summed E-state index contributed by atoms with van der Waals surface area (Å²) in [5.74, 6) is -1.20. The summed E-state index contributed by atoms with van der Waals surface area (Å²) in [5, 5.41) is 8.72. The molecule has 1 rings (SSSR count). The number of likely N-dealkylation sites (tertiary alicyclic amines) is 1. The van der Waals surface area contributed by atoms with Crippen LogP contribution in [0.5, 0.6) is 0 Å². The van der Waals surface area contributed by atoms with E-state index in [-0.39, 0.29) is 11.9 Å². The second-order valence-electron chi connectivity index (χ2n) is 4.80. The van der Waals surface area contributed by atoms with E-state index in [9.17, 15) is 9.59 Å². The van der Waals surface area contributed by atoms with Crippen LogP contribution in [-0.2, 0) is 4.79 Å². The summed E-state index contributed by atoms with van der Waals surface area (Å²) in [4.78, 5) is 27.7. The Hall–Kier alpha value is -1.30. The average molecular weight is 243 g/mol. The Morgan fingerprint density at radius 2 is 1.82 bits per heavy atom. The first-order valence-electron chi connectivity index (χ1n) is 5.79. The van der Waals surface area contributed by atoms with Gasteiger partial charge in [0.1, 0.15) is 0 Å². The van der Waals surface area contributed by atoms with E-state index in [4.69, 9.17) is 5.11 Å². The normalized spacial score (nSPS) is 15.9. The lowest BCUT2D eigenvalue weighted by Gasteiger charge is -2.39. The summed E-state index contributed by atoms with van der Waals surface area (Å²) in [5.41, 5.74) is 0. The van der Waals surface area contributed by atoms with Crippen molar-refractivity contribution in [2.24, 2.45) is 5.92 Å². The van der Waals surface area contributed by atoms with Crippen molar-refractivity contribution in [3.63, 3.8) is 0 Å². The summed E-state index contributed by atoms with van der Waals surface area (Å²) in [6.07, 6.45) is 0.922.